The van der Waals surface area contributed by atoms with Gasteiger partial charge in [0.05, 0.1) is 11.3 Å². The molecule has 1 aliphatic rings. The van der Waals surface area contributed by atoms with Gasteiger partial charge in [0.2, 0.25) is 0 Å². The zero-order valence-electron chi connectivity index (χ0n) is 15.3. The summed E-state index contributed by atoms with van der Waals surface area (Å²) < 4.78 is 5.63. The summed E-state index contributed by atoms with van der Waals surface area (Å²) in [6.07, 6.45) is 3.18. The van der Waals surface area contributed by atoms with Crippen LogP contribution < -0.4 is 5.32 Å². The number of amides is 2. The van der Waals surface area contributed by atoms with E-state index in [0.717, 1.165) is 31.2 Å². The second kappa shape index (κ2) is 7.27. The molecule has 5 heteroatoms. The number of fused-ring (bicyclic) bond motifs is 1. The zero-order valence-corrected chi connectivity index (χ0v) is 15.3. The summed E-state index contributed by atoms with van der Waals surface area (Å²) in [5, 5.41) is 3.71. The first-order chi connectivity index (χ1) is 13.1. The molecule has 5 nitrogen and oxygen atoms in total. The van der Waals surface area contributed by atoms with Crippen molar-refractivity contribution in [3.05, 3.63) is 65.9 Å². The number of carbonyl (C=O) groups excluding carboxylic acids is 2. The molecule has 1 atom stereocenters. The molecule has 1 aromatic heterocycles. The normalized spacial score (nSPS) is 17.1. The van der Waals surface area contributed by atoms with Crippen LogP contribution in [0.3, 0.4) is 0 Å². The van der Waals surface area contributed by atoms with E-state index in [4.69, 9.17) is 4.42 Å². The van der Waals surface area contributed by atoms with E-state index >= 15 is 0 Å². The molecular weight excluding hydrogens is 340 g/mol. The van der Waals surface area contributed by atoms with Crippen molar-refractivity contribution in [1.82, 2.24) is 4.90 Å². The number of rotatable bonds is 3. The van der Waals surface area contributed by atoms with E-state index in [0.29, 0.717) is 16.8 Å². The monoisotopic (exact) mass is 362 g/mol. The standard InChI is InChI=1S/C22H22N2O3/c1-15-8-6-7-13-24(15)22(26)17-10-3-4-11-18(17)23-21(25)20-14-16-9-2-5-12-19(16)27-20/h2-5,9-12,14-15H,6-8,13H2,1H3,(H,23,25)/t15-/m0/s1. The van der Waals surface area contributed by atoms with Gasteiger partial charge in [-0.1, -0.05) is 30.3 Å². The fourth-order valence-electron chi connectivity index (χ4n) is 3.61. The molecule has 138 valence electrons. The first-order valence-corrected chi connectivity index (χ1v) is 9.33. The van der Waals surface area contributed by atoms with E-state index in [2.05, 4.69) is 12.2 Å². The molecule has 0 spiro atoms. The van der Waals surface area contributed by atoms with Crippen LogP contribution in [0.1, 0.15) is 47.1 Å². The number of nitrogens with one attached hydrogen (secondary N) is 1. The van der Waals surface area contributed by atoms with Crippen molar-refractivity contribution >= 4 is 28.5 Å². The summed E-state index contributed by atoms with van der Waals surface area (Å²) in [7, 11) is 0. The maximum atomic E-state index is 13.0. The topological polar surface area (TPSA) is 62.6 Å². The molecule has 3 aromatic rings. The lowest BCUT2D eigenvalue weighted by Gasteiger charge is -2.33. The van der Waals surface area contributed by atoms with Crippen LogP contribution in [0.15, 0.2) is 59.0 Å². The van der Waals surface area contributed by atoms with Crippen molar-refractivity contribution in [2.45, 2.75) is 32.2 Å². The summed E-state index contributed by atoms with van der Waals surface area (Å²) in [6, 6.07) is 16.5. The summed E-state index contributed by atoms with van der Waals surface area (Å²) in [5.74, 6) is -0.175. The van der Waals surface area contributed by atoms with Crippen molar-refractivity contribution in [3.63, 3.8) is 0 Å². The first kappa shape index (κ1) is 17.3. The second-order valence-electron chi connectivity index (χ2n) is 6.99. The third-order valence-electron chi connectivity index (χ3n) is 5.12. The van der Waals surface area contributed by atoms with Gasteiger partial charge >= 0.3 is 0 Å². The lowest BCUT2D eigenvalue weighted by atomic mass is 10.0. The maximum absolute atomic E-state index is 13.0. The summed E-state index contributed by atoms with van der Waals surface area (Å²) in [6.45, 7) is 2.83. The Balaban J connectivity index is 1.59. The highest BCUT2D eigenvalue weighted by atomic mass is 16.3. The molecule has 0 unspecified atom stereocenters. The number of carbonyl (C=O) groups is 2. The van der Waals surface area contributed by atoms with Crippen molar-refractivity contribution in [2.75, 3.05) is 11.9 Å². The fourth-order valence-corrected chi connectivity index (χ4v) is 3.61. The Morgan fingerprint density at radius 3 is 2.67 bits per heavy atom. The minimum Gasteiger partial charge on any atom is -0.451 e. The summed E-state index contributed by atoms with van der Waals surface area (Å²) in [4.78, 5) is 27.6. The number of likely N-dealkylation sites (tertiary alicyclic amines) is 1. The number of anilines is 1. The summed E-state index contributed by atoms with van der Waals surface area (Å²) in [5.41, 5.74) is 1.68. The average Bonchev–Trinajstić information content (AvgIpc) is 3.13. The van der Waals surface area contributed by atoms with E-state index < -0.39 is 0 Å². The van der Waals surface area contributed by atoms with E-state index in [1.807, 2.05) is 41.3 Å². The number of hydrogen-bond donors (Lipinski definition) is 1. The molecule has 2 amide bonds. The molecule has 0 radical (unpaired) electrons. The van der Waals surface area contributed by atoms with Gasteiger partial charge in [0.15, 0.2) is 5.76 Å². The fraction of sp³-hybridized carbons (Fsp3) is 0.273. The number of furan rings is 1. The van der Waals surface area contributed by atoms with Gasteiger partial charge in [0.1, 0.15) is 5.58 Å². The largest absolute Gasteiger partial charge is 0.451 e. The molecule has 1 aliphatic heterocycles. The van der Waals surface area contributed by atoms with Gasteiger partial charge < -0.3 is 14.6 Å². The highest BCUT2D eigenvalue weighted by molar-refractivity contribution is 6.09. The lowest BCUT2D eigenvalue weighted by molar-refractivity contribution is 0.0636. The molecule has 1 fully saturated rings. The highest BCUT2D eigenvalue weighted by Crippen LogP contribution is 2.25. The van der Waals surface area contributed by atoms with Crippen molar-refractivity contribution < 1.29 is 14.0 Å². The Kier molecular flexibility index (Phi) is 4.67. The van der Waals surface area contributed by atoms with E-state index in [9.17, 15) is 9.59 Å². The molecule has 27 heavy (non-hydrogen) atoms. The molecule has 1 N–H and O–H groups in total. The van der Waals surface area contributed by atoms with Crippen LogP contribution in [0.2, 0.25) is 0 Å². The maximum Gasteiger partial charge on any atom is 0.291 e. The SMILES string of the molecule is C[C@H]1CCCCN1C(=O)c1ccccc1NC(=O)c1cc2ccccc2o1. The molecule has 0 aliphatic carbocycles. The van der Waals surface area contributed by atoms with Crippen LogP contribution in [0.5, 0.6) is 0 Å². The quantitative estimate of drug-likeness (QED) is 0.734. The summed E-state index contributed by atoms with van der Waals surface area (Å²) >= 11 is 0. The second-order valence-corrected chi connectivity index (χ2v) is 6.99. The van der Waals surface area contributed by atoms with Crippen LogP contribution in [0.4, 0.5) is 5.69 Å². The molecule has 0 bridgehead atoms. The Morgan fingerprint density at radius 2 is 1.85 bits per heavy atom. The van der Waals surface area contributed by atoms with E-state index in [1.165, 1.54) is 0 Å². The van der Waals surface area contributed by atoms with Crippen LogP contribution >= 0.6 is 0 Å². The average molecular weight is 362 g/mol. The van der Waals surface area contributed by atoms with Gasteiger partial charge in [0.25, 0.3) is 11.8 Å². The highest BCUT2D eigenvalue weighted by Gasteiger charge is 2.26. The Labute approximate surface area is 158 Å². The smallest absolute Gasteiger partial charge is 0.291 e. The molecule has 2 heterocycles. The predicted molar refractivity (Wildman–Crippen MR) is 105 cm³/mol. The minimum absolute atomic E-state index is 0.0392. The molecule has 1 saturated heterocycles. The van der Waals surface area contributed by atoms with Crippen molar-refractivity contribution in [3.8, 4) is 0 Å². The third kappa shape index (κ3) is 3.45. The molecule has 2 aromatic carbocycles. The van der Waals surface area contributed by atoms with Gasteiger partial charge in [-0.15, -0.1) is 0 Å². The van der Waals surface area contributed by atoms with Crippen LogP contribution in [0.25, 0.3) is 11.0 Å². The van der Waals surface area contributed by atoms with Gasteiger partial charge in [-0.05, 0) is 50.5 Å². The number of benzene rings is 2. The number of para-hydroxylation sites is 2. The van der Waals surface area contributed by atoms with Gasteiger partial charge in [-0.2, -0.15) is 0 Å². The first-order valence-electron chi connectivity index (χ1n) is 9.33. The Bertz CT molecular complexity index is 959. The predicted octanol–water partition coefficient (Wildman–Crippen LogP) is 4.70. The van der Waals surface area contributed by atoms with Crippen LogP contribution in [-0.2, 0) is 0 Å². The Hall–Kier alpha value is -3.08. The van der Waals surface area contributed by atoms with Gasteiger partial charge in [-0.3, -0.25) is 9.59 Å². The molecular formula is C22H22N2O3. The van der Waals surface area contributed by atoms with Gasteiger partial charge in [0, 0.05) is 18.0 Å². The zero-order chi connectivity index (χ0) is 18.8. The van der Waals surface area contributed by atoms with Crippen LogP contribution in [0, 0.1) is 0 Å². The van der Waals surface area contributed by atoms with Crippen molar-refractivity contribution in [2.24, 2.45) is 0 Å². The minimum atomic E-state index is -0.363. The van der Waals surface area contributed by atoms with Crippen LogP contribution in [-0.4, -0.2) is 29.3 Å². The number of nitrogens with zero attached hydrogens (tertiary/aromatic N) is 1. The van der Waals surface area contributed by atoms with E-state index in [-0.39, 0.29) is 23.6 Å². The van der Waals surface area contributed by atoms with Crippen molar-refractivity contribution in [1.29, 1.82) is 0 Å². The number of hydrogen-bond acceptors (Lipinski definition) is 3. The molecule has 4 rings (SSSR count). The van der Waals surface area contributed by atoms with Gasteiger partial charge in [-0.25, -0.2) is 0 Å². The third-order valence-corrected chi connectivity index (χ3v) is 5.12. The Morgan fingerprint density at radius 1 is 1.07 bits per heavy atom. The van der Waals surface area contributed by atoms with E-state index in [1.54, 1.807) is 18.2 Å². The lowest BCUT2D eigenvalue weighted by Crippen LogP contribution is -2.42. The number of piperidine rings is 1. The molecule has 0 saturated carbocycles.